The van der Waals surface area contributed by atoms with Gasteiger partial charge in [-0.05, 0) is 17.7 Å². The van der Waals surface area contributed by atoms with Crippen molar-refractivity contribution in [2.75, 3.05) is 12.0 Å². The maximum Gasteiger partial charge on any atom is 0.329 e. The Morgan fingerprint density at radius 3 is 2.52 bits per heavy atom. The van der Waals surface area contributed by atoms with Gasteiger partial charge in [0.25, 0.3) is 5.56 Å². The Morgan fingerprint density at radius 2 is 1.76 bits per heavy atom. The van der Waals surface area contributed by atoms with Gasteiger partial charge in [-0.15, -0.1) is 0 Å². The minimum Gasteiger partial charge on any atom is -0.467 e. The van der Waals surface area contributed by atoms with E-state index < -0.39 is 6.04 Å². The highest BCUT2D eigenvalue weighted by Crippen LogP contribution is 2.37. The lowest BCUT2D eigenvalue weighted by Gasteiger charge is -2.25. The lowest BCUT2D eigenvalue weighted by atomic mass is 10.1. The van der Waals surface area contributed by atoms with Gasteiger partial charge in [0.05, 0.1) is 7.11 Å². The Hall–Kier alpha value is -3.74. The van der Waals surface area contributed by atoms with E-state index in [0.29, 0.717) is 17.8 Å². The summed E-state index contributed by atoms with van der Waals surface area (Å²) < 4.78 is 6.09. The lowest BCUT2D eigenvalue weighted by molar-refractivity contribution is -0.141. The summed E-state index contributed by atoms with van der Waals surface area (Å²) in [6.07, 6.45) is 0.479. The van der Waals surface area contributed by atoms with E-state index in [1.807, 2.05) is 30.3 Å². The number of rotatable bonds is 5. The van der Waals surface area contributed by atoms with Gasteiger partial charge in [0, 0.05) is 23.7 Å². The largest absolute Gasteiger partial charge is 0.467 e. The Bertz CT molecular complexity index is 1120. The van der Waals surface area contributed by atoms with E-state index in [1.54, 1.807) is 35.2 Å². The Balaban J connectivity index is 1.71. The fraction of sp³-hybridized carbons (Fsp3) is 0.182. The number of anilines is 2. The lowest BCUT2D eigenvalue weighted by Crippen LogP contribution is -2.38. The number of esters is 1. The molecule has 7 heteroatoms. The van der Waals surface area contributed by atoms with Gasteiger partial charge in [0.15, 0.2) is 11.6 Å². The Morgan fingerprint density at radius 1 is 1.03 bits per heavy atom. The summed E-state index contributed by atoms with van der Waals surface area (Å²) in [4.78, 5) is 39.0. The number of ether oxygens (including phenoxy) is 1. The van der Waals surface area contributed by atoms with Crippen molar-refractivity contribution in [3.8, 4) is 0 Å². The van der Waals surface area contributed by atoms with Crippen LogP contribution in [0.2, 0.25) is 0 Å². The number of carbonyl (C=O) groups is 2. The van der Waals surface area contributed by atoms with Crippen molar-refractivity contribution in [2.24, 2.45) is 0 Å². The average molecular weight is 389 g/mol. The van der Waals surface area contributed by atoms with Gasteiger partial charge in [0.2, 0.25) is 0 Å². The SMILES string of the molecule is COC(=O)C1Cc2ccccc2N1c1ccc(=O)n(CC(=O)c2ccccc2)n1. The van der Waals surface area contributed by atoms with E-state index in [9.17, 15) is 14.4 Å². The number of benzene rings is 2. The third kappa shape index (κ3) is 3.54. The molecule has 1 aromatic heterocycles. The highest BCUT2D eigenvalue weighted by atomic mass is 16.5. The molecule has 4 rings (SSSR count). The predicted octanol–water partition coefficient (Wildman–Crippen LogP) is 2.36. The van der Waals surface area contributed by atoms with Crippen molar-refractivity contribution >= 4 is 23.3 Å². The molecule has 0 spiro atoms. The van der Waals surface area contributed by atoms with Crippen LogP contribution in [0.25, 0.3) is 0 Å². The molecule has 0 aliphatic carbocycles. The summed E-state index contributed by atoms with van der Waals surface area (Å²) in [5.41, 5.74) is 1.93. The number of fused-ring (bicyclic) bond motifs is 1. The second-order valence-corrected chi connectivity index (χ2v) is 6.72. The zero-order valence-electron chi connectivity index (χ0n) is 15.8. The number of Topliss-reactive ketones (excluding diaryl/α,β-unsaturated/α-hetero) is 1. The molecule has 1 atom stereocenters. The number of hydrogen-bond donors (Lipinski definition) is 0. The van der Waals surface area contributed by atoms with Crippen LogP contribution in [-0.4, -0.2) is 34.7 Å². The minimum atomic E-state index is -0.583. The number of carbonyl (C=O) groups excluding carboxylic acids is 2. The summed E-state index contributed by atoms with van der Waals surface area (Å²) in [5, 5.41) is 4.39. The van der Waals surface area contributed by atoms with Gasteiger partial charge < -0.3 is 9.64 Å². The first kappa shape index (κ1) is 18.6. The van der Waals surface area contributed by atoms with E-state index in [1.165, 1.54) is 13.2 Å². The first-order valence-corrected chi connectivity index (χ1v) is 9.20. The van der Waals surface area contributed by atoms with Gasteiger partial charge in [0.1, 0.15) is 12.6 Å². The first-order chi connectivity index (χ1) is 14.1. The molecule has 0 bridgehead atoms. The molecule has 2 heterocycles. The van der Waals surface area contributed by atoms with Crippen LogP contribution in [0.15, 0.2) is 71.5 Å². The van der Waals surface area contributed by atoms with Gasteiger partial charge >= 0.3 is 5.97 Å². The van der Waals surface area contributed by atoms with Crippen molar-refractivity contribution in [1.29, 1.82) is 0 Å². The molecule has 29 heavy (non-hydrogen) atoms. The molecule has 1 unspecified atom stereocenters. The van der Waals surface area contributed by atoms with Crippen LogP contribution in [0.5, 0.6) is 0 Å². The first-order valence-electron chi connectivity index (χ1n) is 9.20. The van der Waals surface area contributed by atoms with Crippen LogP contribution < -0.4 is 10.5 Å². The quantitative estimate of drug-likeness (QED) is 0.492. The molecular weight excluding hydrogens is 370 g/mol. The molecule has 146 valence electrons. The maximum atomic E-state index is 12.5. The molecule has 0 saturated heterocycles. The van der Waals surface area contributed by atoms with Crippen molar-refractivity contribution in [3.05, 3.63) is 88.2 Å². The molecule has 0 N–H and O–H groups in total. The fourth-order valence-electron chi connectivity index (χ4n) is 3.53. The normalized spacial score (nSPS) is 15.1. The molecule has 3 aromatic rings. The standard InChI is InChI=1S/C22H19N3O4/c1-29-22(28)18-13-16-9-5-6-10-17(16)25(18)20-11-12-21(27)24(23-20)14-19(26)15-7-3-2-4-8-15/h2-12,18H,13-14H2,1H3. The van der Waals surface area contributed by atoms with E-state index in [0.717, 1.165) is 15.9 Å². The summed E-state index contributed by atoms with van der Waals surface area (Å²) in [6, 6.07) is 18.7. The Labute approximate surface area is 167 Å². The smallest absolute Gasteiger partial charge is 0.329 e. The predicted molar refractivity (Wildman–Crippen MR) is 107 cm³/mol. The fourth-order valence-corrected chi connectivity index (χ4v) is 3.53. The number of aromatic nitrogens is 2. The molecule has 0 radical (unpaired) electrons. The number of methoxy groups -OCH3 is 1. The van der Waals surface area contributed by atoms with Crippen LogP contribution >= 0.6 is 0 Å². The van der Waals surface area contributed by atoms with Crippen LogP contribution in [-0.2, 0) is 22.5 Å². The number of para-hydroxylation sites is 1. The van der Waals surface area contributed by atoms with Gasteiger partial charge in [-0.3, -0.25) is 9.59 Å². The zero-order chi connectivity index (χ0) is 20.4. The minimum absolute atomic E-state index is 0.185. The molecule has 1 aliphatic rings. The molecule has 0 amide bonds. The number of hydrogen-bond acceptors (Lipinski definition) is 6. The Kier molecular flexibility index (Phi) is 4.95. The summed E-state index contributed by atoms with van der Waals surface area (Å²) in [7, 11) is 1.34. The highest BCUT2D eigenvalue weighted by molar-refractivity contribution is 5.95. The summed E-state index contributed by atoms with van der Waals surface area (Å²) >= 11 is 0. The van der Waals surface area contributed by atoms with Gasteiger partial charge in [-0.25, -0.2) is 9.48 Å². The van der Waals surface area contributed by atoms with Gasteiger partial charge in [-0.2, -0.15) is 5.10 Å². The van der Waals surface area contributed by atoms with E-state index in [2.05, 4.69) is 5.10 Å². The van der Waals surface area contributed by atoms with Crippen molar-refractivity contribution in [1.82, 2.24) is 9.78 Å². The zero-order valence-corrected chi connectivity index (χ0v) is 15.8. The van der Waals surface area contributed by atoms with Crippen LogP contribution in [0.3, 0.4) is 0 Å². The van der Waals surface area contributed by atoms with E-state index in [-0.39, 0.29) is 23.9 Å². The summed E-state index contributed by atoms with van der Waals surface area (Å²) in [6.45, 7) is -0.185. The third-order valence-corrected chi connectivity index (χ3v) is 4.94. The van der Waals surface area contributed by atoms with Crippen LogP contribution in [0, 0.1) is 0 Å². The number of nitrogens with zero attached hydrogens (tertiary/aromatic N) is 3. The van der Waals surface area contributed by atoms with Crippen molar-refractivity contribution in [2.45, 2.75) is 19.0 Å². The van der Waals surface area contributed by atoms with Crippen LogP contribution in [0.1, 0.15) is 15.9 Å². The highest BCUT2D eigenvalue weighted by Gasteiger charge is 2.37. The molecule has 1 aliphatic heterocycles. The second-order valence-electron chi connectivity index (χ2n) is 6.72. The van der Waals surface area contributed by atoms with E-state index in [4.69, 9.17) is 4.74 Å². The van der Waals surface area contributed by atoms with E-state index >= 15 is 0 Å². The monoisotopic (exact) mass is 389 g/mol. The molecule has 0 fully saturated rings. The molecule has 7 nitrogen and oxygen atoms in total. The average Bonchev–Trinajstić information content (AvgIpc) is 3.15. The number of ketones is 1. The van der Waals surface area contributed by atoms with Crippen molar-refractivity contribution in [3.63, 3.8) is 0 Å². The van der Waals surface area contributed by atoms with Gasteiger partial charge in [-0.1, -0.05) is 48.5 Å². The second kappa shape index (κ2) is 7.71. The molecular formula is C22H19N3O4. The molecule has 2 aromatic carbocycles. The van der Waals surface area contributed by atoms with Crippen LogP contribution in [0.4, 0.5) is 11.5 Å². The third-order valence-electron chi connectivity index (χ3n) is 4.94. The summed E-state index contributed by atoms with van der Waals surface area (Å²) in [5.74, 6) is -0.199. The van der Waals surface area contributed by atoms with Crippen molar-refractivity contribution < 1.29 is 14.3 Å². The topological polar surface area (TPSA) is 81.5 Å². The molecule has 0 saturated carbocycles. The maximum absolute atomic E-state index is 12.5.